The number of carbonyl (C=O) groups is 1. The van der Waals surface area contributed by atoms with Crippen LogP contribution in [0, 0.1) is 0 Å². The molecular formula is C22H23N5O3. The predicted octanol–water partition coefficient (Wildman–Crippen LogP) is 2.07. The molecular weight excluding hydrogens is 382 g/mol. The topological polar surface area (TPSA) is 88.3 Å². The highest BCUT2D eigenvalue weighted by atomic mass is 16.5. The summed E-state index contributed by atoms with van der Waals surface area (Å²) >= 11 is 0. The van der Waals surface area contributed by atoms with Crippen LogP contribution in [-0.4, -0.2) is 46.8 Å². The van der Waals surface area contributed by atoms with E-state index >= 15 is 0 Å². The summed E-state index contributed by atoms with van der Waals surface area (Å²) in [7, 11) is 0. The van der Waals surface area contributed by atoms with Crippen molar-refractivity contribution in [3.63, 3.8) is 0 Å². The van der Waals surface area contributed by atoms with Gasteiger partial charge in [-0.1, -0.05) is 24.3 Å². The van der Waals surface area contributed by atoms with Crippen molar-refractivity contribution in [2.45, 2.75) is 26.1 Å². The van der Waals surface area contributed by atoms with Crippen LogP contribution in [0.25, 0.3) is 5.65 Å². The summed E-state index contributed by atoms with van der Waals surface area (Å²) in [4.78, 5) is 32.2. The fourth-order valence-corrected chi connectivity index (χ4v) is 3.61. The first-order chi connectivity index (χ1) is 14.5. The van der Waals surface area contributed by atoms with Gasteiger partial charge in [-0.3, -0.25) is 14.0 Å². The lowest BCUT2D eigenvalue weighted by molar-refractivity contribution is -0.00546. The zero-order valence-corrected chi connectivity index (χ0v) is 16.9. The second-order valence-corrected chi connectivity index (χ2v) is 7.31. The zero-order valence-electron chi connectivity index (χ0n) is 16.9. The van der Waals surface area contributed by atoms with E-state index in [0.717, 1.165) is 0 Å². The molecule has 4 rings (SSSR count). The van der Waals surface area contributed by atoms with E-state index in [9.17, 15) is 9.59 Å². The van der Waals surface area contributed by atoms with Gasteiger partial charge < -0.3 is 9.64 Å². The van der Waals surface area contributed by atoms with E-state index in [1.807, 2.05) is 30.9 Å². The van der Waals surface area contributed by atoms with Gasteiger partial charge in [-0.2, -0.15) is 5.10 Å². The van der Waals surface area contributed by atoms with Crippen LogP contribution in [0.4, 0.5) is 5.82 Å². The van der Waals surface area contributed by atoms with E-state index in [4.69, 9.17) is 9.72 Å². The number of carbonyl (C=O) groups excluding carboxylic acids is 1. The van der Waals surface area contributed by atoms with Gasteiger partial charge in [0.1, 0.15) is 17.0 Å². The van der Waals surface area contributed by atoms with Gasteiger partial charge in [0, 0.05) is 24.8 Å². The van der Waals surface area contributed by atoms with Gasteiger partial charge in [-0.15, -0.1) is 0 Å². The maximum atomic E-state index is 13.2. The maximum Gasteiger partial charge on any atom is 0.271 e. The number of hydrogen-bond donors (Lipinski definition) is 1. The SMILES string of the molecule is C[C@H]1CN(c2nc3ccccn3c(=O)c2/C=N\NC(=O)c2ccccc2)C[C@H](C)O1. The molecule has 1 amide bonds. The molecule has 1 aliphatic rings. The van der Waals surface area contributed by atoms with Crippen molar-refractivity contribution in [2.24, 2.45) is 5.10 Å². The van der Waals surface area contributed by atoms with Crippen LogP contribution < -0.4 is 15.9 Å². The summed E-state index contributed by atoms with van der Waals surface area (Å²) in [5, 5.41) is 4.04. The lowest BCUT2D eigenvalue weighted by atomic mass is 10.2. The molecule has 3 heterocycles. The molecule has 0 bridgehead atoms. The summed E-state index contributed by atoms with van der Waals surface area (Å²) in [6, 6.07) is 14.2. The Kier molecular flexibility index (Phi) is 5.58. The average Bonchev–Trinajstić information content (AvgIpc) is 2.75. The quantitative estimate of drug-likeness (QED) is 0.530. The molecule has 8 nitrogen and oxygen atoms in total. The lowest BCUT2D eigenvalue weighted by Gasteiger charge is -2.36. The van der Waals surface area contributed by atoms with Crippen LogP contribution in [0.5, 0.6) is 0 Å². The Morgan fingerprint density at radius 1 is 1.13 bits per heavy atom. The Bertz CT molecular complexity index is 1130. The largest absolute Gasteiger partial charge is 0.372 e. The fourth-order valence-electron chi connectivity index (χ4n) is 3.61. The number of nitrogens with zero attached hydrogens (tertiary/aromatic N) is 4. The van der Waals surface area contributed by atoms with Crippen molar-refractivity contribution >= 4 is 23.6 Å². The molecule has 0 spiro atoms. The van der Waals surface area contributed by atoms with Crippen molar-refractivity contribution in [3.05, 3.63) is 76.2 Å². The lowest BCUT2D eigenvalue weighted by Crippen LogP contribution is -2.47. The van der Waals surface area contributed by atoms with Gasteiger partial charge in [0.15, 0.2) is 0 Å². The molecule has 8 heteroatoms. The molecule has 1 aliphatic heterocycles. The molecule has 3 aromatic rings. The summed E-state index contributed by atoms with van der Waals surface area (Å²) in [5.41, 5.74) is 3.58. The van der Waals surface area contributed by atoms with Crippen molar-refractivity contribution in [1.29, 1.82) is 0 Å². The molecule has 30 heavy (non-hydrogen) atoms. The number of morpholine rings is 1. The molecule has 0 aliphatic carbocycles. The third kappa shape index (κ3) is 4.08. The molecule has 154 valence electrons. The van der Waals surface area contributed by atoms with Crippen LogP contribution in [0.3, 0.4) is 0 Å². The van der Waals surface area contributed by atoms with Gasteiger partial charge in [-0.05, 0) is 38.1 Å². The Hall–Kier alpha value is -3.52. The van der Waals surface area contributed by atoms with Crippen molar-refractivity contribution in [3.8, 4) is 0 Å². The average molecular weight is 405 g/mol. The van der Waals surface area contributed by atoms with E-state index in [2.05, 4.69) is 10.5 Å². The highest BCUT2D eigenvalue weighted by Crippen LogP contribution is 2.20. The highest BCUT2D eigenvalue weighted by molar-refractivity contribution is 5.95. The Morgan fingerprint density at radius 3 is 2.57 bits per heavy atom. The van der Waals surface area contributed by atoms with E-state index in [0.29, 0.717) is 35.7 Å². The van der Waals surface area contributed by atoms with Crippen molar-refractivity contribution in [2.75, 3.05) is 18.0 Å². The predicted molar refractivity (Wildman–Crippen MR) is 115 cm³/mol. The molecule has 1 aromatic carbocycles. The number of benzene rings is 1. The standard InChI is InChI=1S/C22H23N5O3/c1-15-13-26(14-16(2)30-15)20-18(22(29)27-11-7-6-10-19(27)24-20)12-23-25-21(28)17-8-4-3-5-9-17/h3-12,15-16H,13-14H2,1-2H3,(H,25,28)/b23-12-/t15-,16-/m0/s1. The van der Waals surface area contributed by atoms with Gasteiger partial charge in [0.25, 0.3) is 11.5 Å². The number of nitrogens with one attached hydrogen (secondary N) is 1. The van der Waals surface area contributed by atoms with Crippen LogP contribution in [0.1, 0.15) is 29.8 Å². The minimum absolute atomic E-state index is 0.00680. The zero-order chi connectivity index (χ0) is 21.1. The molecule has 1 fully saturated rings. The number of pyridine rings is 1. The van der Waals surface area contributed by atoms with Gasteiger partial charge >= 0.3 is 0 Å². The van der Waals surface area contributed by atoms with Gasteiger partial charge in [0.2, 0.25) is 0 Å². The number of anilines is 1. The molecule has 0 saturated carbocycles. The summed E-state index contributed by atoms with van der Waals surface area (Å²) in [5.74, 6) is 0.182. The van der Waals surface area contributed by atoms with Gasteiger partial charge in [0.05, 0.1) is 18.4 Å². The number of aromatic nitrogens is 2. The number of hydrazone groups is 1. The Labute approximate surface area is 173 Å². The smallest absolute Gasteiger partial charge is 0.271 e. The number of rotatable bonds is 4. The number of ether oxygens (including phenoxy) is 1. The summed E-state index contributed by atoms with van der Waals surface area (Å²) in [6.07, 6.45) is 3.05. The summed E-state index contributed by atoms with van der Waals surface area (Å²) < 4.78 is 7.28. The first-order valence-corrected chi connectivity index (χ1v) is 9.83. The second-order valence-electron chi connectivity index (χ2n) is 7.31. The van der Waals surface area contributed by atoms with E-state index < -0.39 is 0 Å². The third-order valence-corrected chi connectivity index (χ3v) is 4.86. The molecule has 2 aromatic heterocycles. The number of amides is 1. The minimum Gasteiger partial charge on any atom is -0.372 e. The van der Waals surface area contributed by atoms with E-state index in [-0.39, 0.29) is 23.7 Å². The molecule has 0 radical (unpaired) electrons. The normalized spacial score (nSPS) is 19.3. The first kappa shape index (κ1) is 19.8. The monoisotopic (exact) mass is 405 g/mol. The fraction of sp³-hybridized carbons (Fsp3) is 0.273. The van der Waals surface area contributed by atoms with Crippen molar-refractivity contribution in [1.82, 2.24) is 14.8 Å². The minimum atomic E-state index is -0.351. The van der Waals surface area contributed by atoms with Crippen LogP contribution in [0.2, 0.25) is 0 Å². The van der Waals surface area contributed by atoms with Crippen LogP contribution in [0.15, 0.2) is 64.6 Å². The van der Waals surface area contributed by atoms with E-state index in [1.165, 1.54) is 10.6 Å². The van der Waals surface area contributed by atoms with Crippen LogP contribution >= 0.6 is 0 Å². The highest BCUT2D eigenvalue weighted by Gasteiger charge is 2.26. The van der Waals surface area contributed by atoms with Crippen molar-refractivity contribution < 1.29 is 9.53 Å². The molecule has 2 atom stereocenters. The maximum absolute atomic E-state index is 13.2. The summed E-state index contributed by atoms with van der Waals surface area (Å²) in [6.45, 7) is 5.20. The number of fused-ring (bicyclic) bond motifs is 1. The van der Waals surface area contributed by atoms with E-state index in [1.54, 1.807) is 42.6 Å². The van der Waals surface area contributed by atoms with Crippen LogP contribution in [-0.2, 0) is 4.74 Å². The third-order valence-electron chi connectivity index (χ3n) is 4.86. The van der Waals surface area contributed by atoms with Gasteiger partial charge in [-0.25, -0.2) is 10.4 Å². The molecule has 1 N–H and O–H groups in total. The number of hydrogen-bond acceptors (Lipinski definition) is 6. The Balaban J connectivity index is 1.71. The molecule has 1 saturated heterocycles. The Morgan fingerprint density at radius 2 is 1.83 bits per heavy atom. The molecule has 0 unspecified atom stereocenters. The second kappa shape index (κ2) is 8.46. The first-order valence-electron chi connectivity index (χ1n) is 9.83.